The lowest BCUT2D eigenvalue weighted by Gasteiger charge is -2.46. The molecule has 0 N–H and O–H groups in total. The highest BCUT2D eigenvalue weighted by Crippen LogP contribution is 2.58. The fraction of sp³-hybridized carbons (Fsp3) is 0.722. The van der Waals surface area contributed by atoms with Gasteiger partial charge in [0.25, 0.3) is 0 Å². The summed E-state index contributed by atoms with van der Waals surface area (Å²) in [4.78, 5) is 26.0. The summed E-state index contributed by atoms with van der Waals surface area (Å²) in [5.41, 5.74) is -0.698. The number of piperidine rings is 1. The predicted octanol–water partition coefficient (Wildman–Crippen LogP) is 0.577. The van der Waals surface area contributed by atoms with Gasteiger partial charge in [-0.1, -0.05) is 0 Å². The Kier molecular flexibility index (Phi) is 4.42. The Bertz CT molecular complexity index is 823. The van der Waals surface area contributed by atoms with Crippen molar-refractivity contribution in [2.24, 2.45) is 10.8 Å². The number of hydrogen-bond acceptors (Lipinski definition) is 6. The van der Waals surface area contributed by atoms with E-state index in [1.54, 1.807) is 29.7 Å². The zero-order valence-electron chi connectivity index (χ0n) is 16.0. The summed E-state index contributed by atoms with van der Waals surface area (Å²) in [7, 11) is -1.33. The van der Waals surface area contributed by atoms with Crippen LogP contribution in [0.25, 0.3) is 0 Å². The zero-order chi connectivity index (χ0) is 19.3. The summed E-state index contributed by atoms with van der Waals surface area (Å²) in [5.74, 6) is 0.962. The fourth-order valence-electron chi connectivity index (χ4n) is 5.24. The van der Waals surface area contributed by atoms with Crippen molar-refractivity contribution in [3.63, 3.8) is 0 Å². The molecular weight excluding hydrogens is 366 g/mol. The standard InChI is InChI=1S/C18H27N5O3S/c1-3-27(25,26)23-11-5-17(6-12-23)13-22(16-19-8-4-9-20-16)14-18(17)7-10-21(2)15(18)24/h4,8-9H,3,5-7,10-14H2,1-2H3/t18-/m1/s1. The molecule has 0 aliphatic carbocycles. The van der Waals surface area contributed by atoms with Crippen LogP contribution in [-0.4, -0.2) is 79.0 Å². The molecule has 1 aromatic rings. The number of hydrogen-bond donors (Lipinski definition) is 0. The van der Waals surface area contributed by atoms with E-state index in [2.05, 4.69) is 14.9 Å². The van der Waals surface area contributed by atoms with Crippen molar-refractivity contribution in [3.05, 3.63) is 18.5 Å². The summed E-state index contributed by atoms with van der Waals surface area (Å²) < 4.78 is 26.2. The predicted molar refractivity (Wildman–Crippen MR) is 102 cm³/mol. The Hall–Kier alpha value is -1.74. The summed E-state index contributed by atoms with van der Waals surface area (Å²) in [5, 5.41) is 0. The Morgan fingerprint density at radius 1 is 1.07 bits per heavy atom. The SMILES string of the molecule is CCS(=O)(=O)N1CCC2(CC1)CN(c1ncccn1)C[C@@]21CCN(C)C1=O. The first-order valence-electron chi connectivity index (χ1n) is 9.59. The summed E-state index contributed by atoms with van der Waals surface area (Å²) in [6.45, 7) is 4.72. The lowest BCUT2D eigenvalue weighted by atomic mass is 9.60. The molecule has 9 heteroatoms. The minimum atomic E-state index is -3.19. The minimum absolute atomic E-state index is 0.122. The van der Waals surface area contributed by atoms with Crippen molar-refractivity contribution in [1.82, 2.24) is 19.2 Å². The van der Waals surface area contributed by atoms with Crippen LogP contribution in [0.4, 0.5) is 5.95 Å². The molecule has 3 fully saturated rings. The molecule has 1 amide bonds. The average molecular weight is 394 g/mol. The van der Waals surface area contributed by atoms with E-state index >= 15 is 0 Å². The van der Waals surface area contributed by atoms with Crippen LogP contribution in [0.5, 0.6) is 0 Å². The van der Waals surface area contributed by atoms with E-state index in [9.17, 15) is 13.2 Å². The number of rotatable bonds is 3. The molecule has 0 unspecified atom stereocenters. The highest BCUT2D eigenvalue weighted by Gasteiger charge is 2.65. The average Bonchev–Trinajstić information content (AvgIpc) is 3.16. The van der Waals surface area contributed by atoms with Crippen LogP contribution in [0, 0.1) is 10.8 Å². The van der Waals surface area contributed by atoms with Gasteiger partial charge in [-0.3, -0.25) is 4.79 Å². The maximum absolute atomic E-state index is 13.2. The molecule has 3 aliphatic rings. The number of fused-ring (bicyclic) bond motifs is 1. The van der Waals surface area contributed by atoms with Gasteiger partial charge in [-0.25, -0.2) is 22.7 Å². The highest BCUT2D eigenvalue weighted by atomic mass is 32.2. The lowest BCUT2D eigenvalue weighted by Crippen LogP contribution is -2.53. The lowest BCUT2D eigenvalue weighted by molar-refractivity contribution is -0.140. The maximum Gasteiger partial charge on any atom is 0.231 e. The molecule has 0 radical (unpaired) electrons. The quantitative estimate of drug-likeness (QED) is 0.747. The van der Waals surface area contributed by atoms with Crippen LogP contribution < -0.4 is 4.90 Å². The van der Waals surface area contributed by atoms with E-state index in [0.717, 1.165) is 13.0 Å². The van der Waals surface area contributed by atoms with Crippen molar-refractivity contribution < 1.29 is 13.2 Å². The van der Waals surface area contributed by atoms with Crippen LogP contribution in [0.3, 0.4) is 0 Å². The van der Waals surface area contributed by atoms with Gasteiger partial charge in [0.05, 0.1) is 11.2 Å². The van der Waals surface area contributed by atoms with E-state index in [4.69, 9.17) is 0 Å². The molecule has 4 heterocycles. The number of nitrogens with zero attached hydrogens (tertiary/aromatic N) is 5. The van der Waals surface area contributed by atoms with Gasteiger partial charge in [0.2, 0.25) is 21.9 Å². The molecule has 1 atom stereocenters. The summed E-state index contributed by atoms with van der Waals surface area (Å²) in [6.07, 6.45) is 5.66. The smallest absolute Gasteiger partial charge is 0.231 e. The van der Waals surface area contributed by atoms with Crippen LogP contribution in [0.1, 0.15) is 26.2 Å². The first-order chi connectivity index (χ1) is 12.8. The topological polar surface area (TPSA) is 86.7 Å². The molecule has 27 heavy (non-hydrogen) atoms. The molecule has 0 aromatic carbocycles. The highest BCUT2D eigenvalue weighted by molar-refractivity contribution is 7.89. The normalized spacial score (nSPS) is 28.6. The molecule has 0 saturated carbocycles. The molecular formula is C18H27N5O3S. The molecule has 3 aliphatic heterocycles. The molecule has 2 spiro atoms. The number of anilines is 1. The summed E-state index contributed by atoms with van der Waals surface area (Å²) in [6, 6.07) is 1.79. The summed E-state index contributed by atoms with van der Waals surface area (Å²) >= 11 is 0. The molecule has 4 rings (SSSR count). The molecule has 148 valence electrons. The second kappa shape index (κ2) is 6.41. The number of carbonyl (C=O) groups excluding carboxylic acids is 1. The van der Waals surface area contributed by atoms with Gasteiger partial charge in [-0.2, -0.15) is 0 Å². The first-order valence-corrected chi connectivity index (χ1v) is 11.2. The fourth-order valence-corrected chi connectivity index (χ4v) is 6.35. The third-order valence-electron chi connectivity index (χ3n) is 6.87. The largest absolute Gasteiger partial charge is 0.345 e. The van der Waals surface area contributed by atoms with Crippen LogP contribution in [0.15, 0.2) is 18.5 Å². The number of carbonyl (C=O) groups is 1. The molecule has 8 nitrogen and oxygen atoms in total. The first kappa shape index (κ1) is 18.6. The van der Waals surface area contributed by atoms with Gasteiger partial charge < -0.3 is 9.80 Å². The van der Waals surface area contributed by atoms with Crippen molar-refractivity contribution in [2.45, 2.75) is 26.2 Å². The number of sulfonamides is 1. The third kappa shape index (κ3) is 2.74. The van der Waals surface area contributed by atoms with Gasteiger partial charge in [0.1, 0.15) is 0 Å². The van der Waals surface area contributed by atoms with Crippen LogP contribution in [-0.2, 0) is 14.8 Å². The molecule has 3 saturated heterocycles. The van der Waals surface area contributed by atoms with Gasteiger partial charge in [-0.05, 0) is 32.3 Å². The second-order valence-corrected chi connectivity index (χ2v) is 10.3. The van der Waals surface area contributed by atoms with Crippen molar-refractivity contribution in [2.75, 3.05) is 50.4 Å². The van der Waals surface area contributed by atoms with E-state index in [1.807, 2.05) is 11.9 Å². The van der Waals surface area contributed by atoms with Gasteiger partial charge in [-0.15, -0.1) is 0 Å². The van der Waals surface area contributed by atoms with Crippen molar-refractivity contribution in [3.8, 4) is 0 Å². The van der Waals surface area contributed by atoms with E-state index in [1.165, 1.54) is 0 Å². The van der Waals surface area contributed by atoms with Gasteiger partial charge >= 0.3 is 0 Å². The maximum atomic E-state index is 13.2. The molecule has 1 aromatic heterocycles. The zero-order valence-corrected chi connectivity index (χ0v) is 16.8. The van der Waals surface area contributed by atoms with E-state index in [-0.39, 0.29) is 17.1 Å². The number of aromatic nitrogens is 2. The monoisotopic (exact) mass is 393 g/mol. The van der Waals surface area contributed by atoms with Gasteiger partial charge in [0, 0.05) is 57.6 Å². The number of amides is 1. The second-order valence-electron chi connectivity index (χ2n) is 8.04. The van der Waals surface area contributed by atoms with Crippen molar-refractivity contribution >= 4 is 21.9 Å². The third-order valence-corrected chi connectivity index (χ3v) is 8.75. The van der Waals surface area contributed by atoms with Crippen molar-refractivity contribution in [1.29, 1.82) is 0 Å². The minimum Gasteiger partial charge on any atom is -0.345 e. The Morgan fingerprint density at radius 2 is 1.74 bits per heavy atom. The number of likely N-dealkylation sites (tertiary alicyclic amines) is 1. The Morgan fingerprint density at radius 3 is 2.30 bits per heavy atom. The van der Waals surface area contributed by atoms with Crippen LogP contribution in [0.2, 0.25) is 0 Å². The Balaban J connectivity index is 1.66. The van der Waals surface area contributed by atoms with E-state index < -0.39 is 15.4 Å². The Labute approximate surface area is 160 Å². The van der Waals surface area contributed by atoms with Gasteiger partial charge in [0.15, 0.2) is 0 Å². The molecule has 0 bridgehead atoms. The van der Waals surface area contributed by atoms with E-state index in [0.29, 0.717) is 45.0 Å². The van der Waals surface area contributed by atoms with Crippen LogP contribution >= 0.6 is 0 Å².